The van der Waals surface area contributed by atoms with Crippen LogP contribution in [0.4, 0.5) is 0 Å². The van der Waals surface area contributed by atoms with Crippen LogP contribution in [-0.4, -0.2) is 10.7 Å². The third kappa shape index (κ3) is 2.50. The Kier molecular flexibility index (Phi) is 3.30. The highest BCUT2D eigenvalue weighted by molar-refractivity contribution is 4.93. The molecule has 0 amide bonds. The van der Waals surface area contributed by atoms with Gasteiger partial charge >= 0.3 is 0 Å². The van der Waals surface area contributed by atoms with Crippen molar-refractivity contribution in [3.8, 4) is 0 Å². The van der Waals surface area contributed by atoms with E-state index in [0.717, 1.165) is 12.8 Å². The highest BCUT2D eigenvalue weighted by atomic mass is 16.3. The maximum Gasteiger partial charge on any atom is 0.0676 e. The molecule has 0 aromatic carbocycles. The maximum atomic E-state index is 10.5. The van der Waals surface area contributed by atoms with Crippen LogP contribution in [0.2, 0.25) is 0 Å². The van der Waals surface area contributed by atoms with Crippen molar-refractivity contribution in [1.82, 2.24) is 0 Å². The Morgan fingerprint density at radius 1 is 0.929 bits per heavy atom. The van der Waals surface area contributed by atoms with Crippen LogP contribution in [0, 0.1) is 17.3 Å². The normalized spacial score (nSPS) is 27.6. The Balaban J connectivity index is 2.61. The van der Waals surface area contributed by atoms with Crippen LogP contribution in [0.1, 0.15) is 60.3 Å². The second kappa shape index (κ2) is 3.84. The predicted molar refractivity (Wildman–Crippen MR) is 61.2 cm³/mol. The largest absolute Gasteiger partial charge is 0.390 e. The topological polar surface area (TPSA) is 20.2 Å². The lowest BCUT2D eigenvalue weighted by molar-refractivity contribution is -0.0790. The average Bonchev–Trinajstić information content (AvgIpc) is 2.09. The molecular weight excluding hydrogens is 172 g/mol. The van der Waals surface area contributed by atoms with E-state index >= 15 is 0 Å². The van der Waals surface area contributed by atoms with Crippen LogP contribution in [0.3, 0.4) is 0 Å². The maximum absolute atomic E-state index is 10.5. The first-order valence-electron chi connectivity index (χ1n) is 5.99. The lowest BCUT2D eigenvalue weighted by atomic mass is 9.65. The second-order valence-corrected chi connectivity index (χ2v) is 6.30. The lowest BCUT2D eigenvalue weighted by Crippen LogP contribution is -2.44. The molecule has 84 valence electrons. The highest BCUT2D eigenvalue weighted by Crippen LogP contribution is 2.44. The van der Waals surface area contributed by atoms with E-state index < -0.39 is 0 Å². The fraction of sp³-hybridized carbons (Fsp3) is 1.00. The Labute approximate surface area is 88.9 Å². The molecule has 1 atom stereocenters. The minimum Gasteiger partial charge on any atom is -0.390 e. The molecule has 1 fully saturated rings. The summed E-state index contributed by atoms with van der Waals surface area (Å²) in [7, 11) is 0. The van der Waals surface area contributed by atoms with Crippen molar-refractivity contribution < 1.29 is 5.11 Å². The van der Waals surface area contributed by atoms with Gasteiger partial charge in [-0.3, -0.25) is 0 Å². The van der Waals surface area contributed by atoms with Crippen molar-refractivity contribution in [3.63, 3.8) is 0 Å². The summed E-state index contributed by atoms with van der Waals surface area (Å²) in [5.41, 5.74) is 0.0621. The third-order valence-electron chi connectivity index (χ3n) is 4.32. The van der Waals surface area contributed by atoms with Crippen LogP contribution in [0.15, 0.2) is 0 Å². The Morgan fingerprint density at radius 2 is 1.36 bits per heavy atom. The number of hydrogen-bond donors (Lipinski definition) is 1. The van der Waals surface area contributed by atoms with Gasteiger partial charge in [0.05, 0.1) is 5.60 Å². The van der Waals surface area contributed by atoms with Gasteiger partial charge in [0.15, 0.2) is 0 Å². The summed E-state index contributed by atoms with van der Waals surface area (Å²) in [4.78, 5) is 0. The van der Waals surface area contributed by atoms with Gasteiger partial charge in [0.2, 0.25) is 0 Å². The first kappa shape index (κ1) is 12.0. The van der Waals surface area contributed by atoms with Gasteiger partial charge in [-0.25, -0.2) is 0 Å². The molecule has 1 aliphatic carbocycles. The zero-order valence-corrected chi connectivity index (χ0v) is 10.4. The second-order valence-electron chi connectivity index (χ2n) is 6.30. The number of hydrogen-bond acceptors (Lipinski definition) is 1. The van der Waals surface area contributed by atoms with E-state index in [4.69, 9.17) is 0 Å². The van der Waals surface area contributed by atoms with Gasteiger partial charge < -0.3 is 5.11 Å². The quantitative estimate of drug-likeness (QED) is 0.718. The van der Waals surface area contributed by atoms with Crippen LogP contribution in [-0.2, 0) is 0 Å². The van der Waals surface area contributed by atoms with E-state index in [-0.39, 0.29) is 5.60 Å². The van der Waals surface area contributed by atoms with Crippen molar-refractivity contribution in [2.75, 3.05) is 0 Å². The molecule has 0 aromatic heterocycles. The molecule has 0 aliphatic heterocycles. The molecule has 1 saturated carbocycles. The molecule has 0 bridgehead atoms. The molecule has 0 aromatic rings. The van der Waals surface area contributed by atoms with Gasteiger partial charge in [-0.05, 0) is 42.9 Å². The first-order valence-corrected chi connectivity index (χ1v) is 5.99. The molecule has 1 N–H and O–H groups in total. The van der Waals surface area contributed by atoms with E-state index in [9.17, 15) is 5.11 Å². The Morgan fingerprint density at radius 3 is 1.71 bits per heavy atom. The summed E-state index contributed by atoms with van der Waals surface area (Å²) < 4.78 is 0. The monoisotopic (exact) mass is 198 g/mol. The summed E-state index contributed by atoms with van der Waals surface area (Å²) in [6.07, 6.45) is 4.31. The van der Waals surface area contributed by atoms with Crippen LogP contribution < -0.4 is 0 Å². The summed E-state index contributed by atoms with van der Waals surface area (Å²) in [5.74, 6) is 1.01. The smallest absolute Gasteiger partial charge is 0.0676 e. The molecule has 0 saturated heterocycles. The molecule has 1 rings (SSSR count). The van der Waals surface area contributed by atoms with E-state index in [1.165, 1.54) is 12.8 Å². The van der Waals surface area contributed by atoms with Crippen LogP contribution in [0.25, 0.3) is 0 Å². The highest BCUT2D eigenvalue weighted by Gasteiger charge is 2.41. The summed E-state index contributed by atoms with van der Waals surface area (Å²) in [6.45, 7) is 11.2. The van der Waals surface area contributed by atoms with Crippen molar-refractivity contribution in [1.29, 1.82) is 0 Å². The van der Waals surface area contributed by atoms with E-state index in [0.29, 0.717) is 17.3 Å². The fourth-order valence-electron chi connectivity index (χ4n) is 2.44. The number of aliphatic hydroxyl groups is 1. The zero-order valence-electron chi connectivity index (χ0n) is 10.4. The number of rotatable bonds is 2. The van der Waals surface area contributed by atoms with Gasteiger partial charge in [-0.2, -0.15) is 0 Å². The van der Waals surface area contributed by atoms with E-state index in [1.54, 1.807) is 0 Å². The van der Waals surface area contributed by atoms with Gasteiger partial charge in [0, 0.05) is 0 Å². The van der Waals surface area contributed by atoms with Crippen molar-refractivity contribution in [2.24, 2.45) is 17.3 Å². The first-order chi connectivity index (χ1) is 6.27. The minimum atomic E-state index is -0.385. The molecule has 1 nitrogen and oxygen atoms in total. The Bertz CT molecular complexity index is 183. The van der Waals surface area contributed by atoms with E-state index in [1.807, 2.05) is 0 Å². The van der Waals surface area contributed by atoms with Gasteiger partial charge in [-0.1, -0.05) is 34.6 Å². The zero-order chi connectivity index (χ0) is 11.0. The standard InChI is InChI=1S/C13H26O/c1-10(2)11(3)13(14)8-6-12(4,5)7-9-13/h10-11,14H,6-9H2,1-5H3. The lowest BCUT2D eigenvalue weighted by Gasteiger charge is -2.44. The molecule has 0 heterocycles. The van der Waals surface area contributed by atoms with Gasteiger partial charge in [-0.15, -0.1) is 0 Å². The molecule has 1 heteroatoms. The minimum absolute atomic E-state index is 0.385. The Hall–Kier alpha value is -0.0400. The van der Waals surface area contributed by atoms with Crippen LogP contribution >= 0.6 is 0 Å². The van der Waals surface area contributed by atoms with Crippen LogP contribution in [0.5, 0.6) is 0 Å². The molecule has 0 radical (unpaired) electrons. The SMILES string of the molecule is CC(C)C(C)C1(O)CCC(C)(C)CC1. The van der Waals surface area contributed by atoms with E-state index in [2.05, 4.69) is 34.6 Å². The predicted octanol–water partition coefficient (Wildman–Crippen LogP) is 3.61. The molecule has 1 unspecified atom stereocenters. The summed E-state index contributed by atoms with van der Waals surface area (Å²) in [5, 5.41) is 10.5. The third-order valence-corrected chi connectivity index (χ3v) is 4.32. The molecule has 0 spiro atoms. The summed E-state index contributed by atoms with van der Waals surface area (Å²) in [6, 6.07) is 0. The fourth-order valence-corrected chi connectivity index (χ4v) is 2.44. The molecular formula is C13H26O. The summed E-state index contributed by atoms with van der Waals surface area (Å²) >= 11 is 0. The van der Waals surface area contributed by atoms with Crippen molar-refractivity contribution >= 4 is 0 Å². The molecule has 14 heavy (non-hydrogen) atoms. The molecule has 1 aliphatic rings. The average molecular weight is 198 g/mol. The van der Waals surface area contributed by atoms with Gasteiger partial charge in [0.25, 0.3) is 0 Å². The van der Waals surface area contributed by atoms with Gasteiger partial charge in [0.1, 0.15) is 0 Å². The van der Waals surface area contributed by atoms with Crippen molar-refractivity contribution in [3.05, 3.63) is 0 Å². The van der Waals surface area contributed by atoms with Crippen molar-refractivity contribution in [2.45, 2.75) is 65.9 Å².